The van der Waals surface area contributed by atoms with E-state index in [-0.39, 0.29) is 11.9 Å². The van der Waals surface area contributed by atoms with Crippen LogP contribution in [0.3, 0.4) is 0 Å². The van der Waals surface area contributed by atoms with Crippen LogP contribution in [0.4, 0.5) is 0 Å². The van der Waals surface area contributed by atoms with E-state index in [0.717, 1.165) is 38.1 Å². The molecule has 1 amide bonds. The number of hydrogen-bond donors (Lipinski definition) is 1. The van der Waals surface area contributed by atoms with Gasteiger partial charge in [0, 0.05) is 37.2 Å². The minimum atomic E-state index is -0.102. The van der Waals surface area contributed by atoms with Crippen molar-refractivity contribution < 1.29 is 9.32 Å². The molecule has 5 heteroatoms. The van der Waals surface area contributed by atoms with Crippen molar-refractivity contribution in [2.75, 3.05) is 13.1 Å². The van der Waals surface area contributed by atoms with Gasteiger partial charge in [0.25, 0.3) is 5.91 Å². The van der Waals surface area contributed by atoms with Crippen LogP contribution >= 0.6 is 0 Å². The number of nitrogens with one attached hydrogen (secondary N) is 1. The third-order valence-corrected chi connectivity index (χ3v) is 4.55. The molecule has 5 nitrogen and oxygen atoms in total. The Bertz CT molecular complexity index is 479. The van der Waals surface area contributed by atoms with Gasteiger partial charge in [0.05, 0.1) is 0 Å². The Morgan fingerprint density at radius 1 is 1.45 bits per heavy atom. The molecule has 0 bridgehead atoms. The lowest BCUT2D eigenvalue weighted by molar-refractivity contribution is 0.0927. The minimum absolute atomic E-state index is 0.102. The van der Waals surface area contributed by atoms with E-state index in [0.29, 0.717) is 17.7 Å². The van der Waals surface area contributed by atoms with Gasteiger partial charge in [0.1, 0.15) is 5.76 Å². The highest BCUT2D eigenvalue weighted by Gasteiger charge is 2.28. The summed E-state index contributed by atoms with van der Waals surface area (Å²) in [5.74, 6) is 1.25. The van der Waals surface area contributed by atoms with Gasteiger partial charge < -0.3 is 9.84 Å². The van der Waals surface area contributed by atoms with Crippen molar-refractivity contribution in [2.24, 2.45) is 0 Å². The van der Waals surface area contributed by atoms with Crippen LogP contribution in [-0.2, 0) is 0 Å². The molecule has 1 atom stereocenters. The van der Waals surface area contributed by atoms with Gasteiger partial charge in [-0.2, -0.15) is 0 Å². The zero-order valence-corrected chi connectivity index (χ0v) is 12.3. The predicted molar refractivity (Wildman–Crippen MR) is 75.7 cm³/mol. The van der Waals surface area contributed by atoms with Crippen LogP contribution in [0.25, 0.3) is 0 Å². The number of nitrogens with zero attached hydrogens (tertiary/aromatic N) is 2. The largest absolute Gasteiger partial charge is 0.360 e. The Kier molecular flexibility index (Phi) is 3.78. The number of rotatable bonds is 4. The van der Waals surface area contributed by atoms with Gasteiger partial charge in [-0.1, -0.05) is 11.6 Å². The summed E-state index contributed by atoms with van der Waals surface area (Å²) in [5, 5.41) is 6.98. The number of likely N-dealkylation sites (tertiary alicyclic amines) is 1. The quantitative estimate of drug-likeness (QED) is 0.916. The lowest BCUT2D eigenvalue weighted by Crippen LogP contribution is -2.38. The molecule has 0 spiro atoms. The van der Waals surface area contributed by atoms with Gasteiger partial charge in [-0.3, -0.25) is 9.69 Å². The second-order valence-electron chi connectivity index (χ2n) is 6.29. The van der Waals surface area contributed by atoms with E-state index in [4.69, 9.17) is 4.52 Å². The molecule has 1 aliphatic heterocycles. The summed E-state index contributed by atoms with van der Waals surface area (Å²) < 4.78 is 5.29. The Morgan fingerprint density at radius 3 is 2.85 bits per heavy atom. The van der Waals surface area contributed by atoms with Crippen molar-refractivity contribution in [3.05, 3.63) is 17.5 Å². The van der Waals surface area contributed by atoms with Gasteiger partial charge in [0.15, 0.2) is 5.69 Å². The fraction of sp³-hybridized carbons (Fsp3) is 0.733. The molecule has 0 radical (unpaired) electrons. The van der Waals surface area contributed by atoms with Crippen LogP contribution in [0.15, 0.2) is 10.6 Å². The molecule has 20 heavy (non-hydrogen) atoms. The summed E-state index contributed by atoms with van der Waals surface area (Å²) in [7, 11) is 0. The topological polar surface area (TPSA) is 58.4 Å². The number of hydrogen-bond acceptors (Lipinski definition) is 4. The fourth-order valence-corrected chi connectivity index (χ4v) is 2.91. The highest BCUT2D eigenvalue weighted by molar-refractivity contribution is 5.92. The van der Waals surface area contributed by atoms with Crippen LogP contribution in [0.2, 0.25) is 0 Å². The number of carbonyl (C=O) groups is 1. The van der Waals surface area contributed by atoms with Crippen molar-refractivity contribution in [3.8, 4) is 0 Å². The van der Waals surface area contributed by atoms with E-state index in [1.54, 1.807) is 0 Å². The Labute approximate surface area is 119 Å². The first-order valence-corrected chi connectivity index (χ1v) is 7.65. The van der Waals surface area contributed by atoms with Crippen molar-refractivity contribution in [2.45, 2.75) is 57.5 Å². The third-order valence-electron chi connectivity index (χ3n) is 4.55. The average Bonchev–Trinajstić information content (AvgIpc) is 2.95. The standard InChI is InChI=1S/C15H23N3O2/c1-10(2)18-7-6-12(9-18)16-15(19)13-8-14(20-17-13)11-4-3-5-11/h8,10-12H,3-7,9H2,1-2H3,(H,16,19)/t12-/m0/s1. The van der Waals surface area contributed by atoms with Crippen LogP contribution in [0.5, 0.6) is 0 Å². The van der Waals surface area contributed by atoms with Gasteiger partial charge >= 0.3 is 0 Å². The van der Waals surface area contributed by atoms with E-state index in [2.05, 4.69) is 29.2 Å². The SMILES string of the molecule is CC(C)N1CC[C@H](NC(=O)c2cc(C3CCC3)on2)C1. The van der Waals surface area contributed by atoms with Gasteiger partial charge in [-0.05, 0) is 33.1 Å². The normalized spacial score (nSPS) is 24.1. The molecule has 1 aromatic heterocycles. The maximum atomic E-state index is 12.2. The second-order valence-corrected chi connectivity index (χ2v) is 6.29. The zero-order chi connectivity index (χ0) is 14.1. The Morgan fingerprint density at radius 2 is 2.25 bits per heavy atom. The summed E-state index contributed by atoms with van der Waals surface area (Å²) in [5.41, 5.74) is 0.426. The highest BCUT2D eigenvalue weighted by Crippen LogP contribution is 2.36. The van der Waals surface area contributed by atoms with Crippen molar-refractivity contribution in [3.63, 3.8) is 0 Å². The molecule has 0 aromatic carbocycles. The minimum Gasteiger partial charge on any atom is -0.360 e. The molecular weight excluding hydrogens is 254 g/mol. The lowest BCUT2D eigenvalue weighted by atomic mass is 9.83. The third kappa shape index (κ3) is 2.73. The highest BCUT2D eigenvalue weighted by atomic mass is 16.5. The zero-order valence-electron chi connectivity index (χ0n) is 12.3. The maximum absolute atomic E-state index is 12.2. The van der Waals surface area contributed by atoms with Crippen molar-refractivity contribution in [1.29, 1.82) is 0 Å². The first kappa shape index (κ1) is 13.6. The molecule has 2 aliphatic rings. The summed E-state index contributed by atoms with van der Waals surface area (Å²) >= 11 is 0. The molecule has 1 aliphatic carbocycles. The Balaban J connectivity index is 1.55. The molecule has 1 N–H and O–H groups in total. The summed E-state index contributed by atoms with van der Waals surface area (Å²) in [6.45, 7) is 6.35. The second kappa shape index (κ2) is 5.56. The fourth-order valence-electron chi connectivity index (χ4n) is 2.91. The summed E-state index contributed by atoms with van der Waals surface area (Å²) in [6, 6.07) is 2.58. The molecule has 2 heterocycles. The van der Waals surface area contributed by atoms with E-state index < -0.39 is 0 Å². The van der Waals surface area contributed by atoms with E-state index in [1.165, 1.54) is 6.42 Å². The molecule has 1 aromatic rings. The van der Waals surface area contributed by atoms with Crippen LogP contribution < -0.4 is 5.32 Å². The first-order valence-electron chi connectivity index (χ1n) is 7.65. The molecule has 1 saturated heterocycles. The monoisotopic (exact) mass is 277 g/mol. The smallest absolute Gasteiger partial charge is 0.273 e. The molecule has 110 valence electrons. The van der Waals surface area contributed by atoms with E-state index in [9.17, 15) is 4.79 Å². The molecule has 3 rings (SSSR count). The van der Waals surface area contributed by atoms with Gasteiger partial charge in [0.2, 0.25) is 0 Å². The maximum Gasteiger partial charge on any atom is 0.273 e. The Hall–Kier alpha value is -1.36. The van der Waals surface area contributed by atoms with E-state index >= 15 is 0 Å². The summed E-state index contributed by atoms with van der Waals surface area (Å²) in [4.78, 5) is 14.5. The lowest BCUT2D eigenvalue weighted by Gasteiger charge is -2.21. The van der Waals surface area contributed by atoms with Crippen molar-refractivity contribution >= 4 is 5.91 Å². The molecule has 2 fully saturated rings. The molecule has 1 saturated carbocycles. The van der Waals surface area contributed by atoms with Crippen LogP contribution in [0, 0.1) is 0 Å². The van der Waals surface area contributed by atoms with E-state index in [1.807, 2.05) is 6.07 Å². The molecule has 0 unspecified atom stereocenters. The number of amides is 1. The van der Waals surface area contributed by atoms with Crippen LogP contribution in [-0.4, -0.2) is 41.1 Å². The van der Waals surface area contributed by atoms with Crippen molar-refractivity contribution in [1.82, 2.24) is 15.4 Å². The average molecular weight is 277 g/mol. The number of carbonyl (C=O) groups excluding carboxylic acids is 1. The van der Waals surface area contributed by atoms with Crippen LogP contribution in [0.1, 0.15) is 61.7 Å². The summed E-state index contributed by atoms with van der Waals surface area (Å²) in [6.07, 6.45) is 4.57. The molecular formula is C15H23N3O2. The first-order chi connectivity index (χ1) is 9.63. The number of aromatic nitrogens is 1. The van der Waals surface area contributed by atoms with Gasteiger partial charge in [-0.25, -0.2) is 0 Å². The predicted octanol–water partition coefficient (Wildman–Crippen LogP) is 2.15. The van der Waals surface area contributed by atoms with Gasteiger partial charge in [-0.15, -0.1) is 0 Å².